The summed E-state index contributed by atoms with van der Waals surface area (Å²) in [5.41, 5.74) is 1.60. The van der Waals surface area contributed by atoms with Gasteiger partial charge in [-0.3, -0.25) is 0 Å². The summed E-state index contributed by atoms with van der Waals surface area (Å²) in [7, 11) is 0. The molecule has 2 aromatic rings. The highest BCUT2D eigenvalue weighted by atomic mass is 35.5. The predicted octanol–water partition coefficient (Wildman–Crippen LogP) is 4.14. The lowest BCUT2D eigenvalue weighted by molar-refractivity contribution is 0.584. The molecule has 0 aliphatic heterocycles. The van der Waals surface area contributed by atoms with E-state index in [4.69, 9.17) is 23.2 Å². The molecule has 0 spiro atoms. The summed E-state index contributed by atoms with van der Waals surface area (Å²) in [5, 5.41) is 4.13. The molecule has 1 aromatic carbocycles. The standard InChI is InChI=1S/C12H9Cl2FN2/c13-10-3-1-2-8(12(10)14)6-16-9-4-5-11(15)17-7-9/h1-5,7,16H,6H2. The molecule has 1 heterocycles. The van der Waals surface area contributed by atoms with E-state index >= 15 is 0 Å². The lowest BCUT2D eigenvalue weighted by Crippen LogP contribution is -2.00. The molecule has 5 heteroatoms. The molecule has 0 bridgehead atoms. The first-order valence-electron chi connectivity index (χ1n) is 4.95. The summed E-state index contributed by atoms with van der Waals surface area (Å²) in [6, 6.07) is 8.34. The molecule has 2 nitrogen and oxygen atoms in total. The van der Waals surface area contributed by atoms with Crippen LogP contribution in [0.15, 0.2) is 36.5 Å². The minimum absolute atomic E-state index is 0.503. The third kappa shape index (κ3) is 3.08. The third-order valence-corrected chi connectivity index (χ3v) is 3.10. The van der Waals surface area contributed by atoms with Crippen molar-refractivity contribution in [2.75, 3.05) is 5.32 Å². The molecule has 0 aliphatic carbocycles. The Hall–Kier alpha value is -1.32. The average Bonchev–Trinajstić information content (AvgIpc) is 2.33. The van der Waals surface area contributed by atoms with Gasteiger partial charge in [0.05, 0.1) is 21.9 Å². The van der Waals surface area contributed by atoms with E-state index in [-0.39, 0.29) is 0 Å². The van der Waals surface area contributed by atoms with Gasteiger partial charge in [-0.25, -0.2) is 4.98 Å². The largest absolute Gasteiger partial charge is 0.380 e. The lowest BCUT2D eigenvalue weighted by Gasteiger charge is -2.08. The van der Waals surface area contributed by atoms with Crippen LogP contribution in [0.3, 0.4) is 0 Å². The first-order chi connectivity index (χ1) is 8.16. The summed E-state index contributed by atoms with van der Waals surface area (Å²) >= 11 is 11.9. The molecule has 0 radical (unpaired) electrons. The van der Waals surface area contributed by atoms with E-state index in [1.165, 1.54) is 12.3 Å². The van der Waals surface area contributed by atoms with Crippen molar-refractivity contribution >= 4 is 28.9 Å². The Morgan fingerprint density at radius 2 is 2.00 bits per heavy atom. The van der Waals surface area contributed by atoms with Crippen molar-refractivity contribution in [2.24, 2.45) is 0 Å². The summed E-state index contributed by atoms with van der Waals surface area (Å²) in [4.78, 5) is 3.54. The number of anilines is 1. The highest BCUT2D eigenvalue weighted by molar-refractivity contribution is 6.42. The zero-order chi connectivity index (χ0) is 12.3. The van der Waals surface area contributed by atoms with Crippen LogP contribution in [-0.4, -0.2) is 4.98 Å². The summed E-state index contributed by atoms with van der Waals surface area (Å²) in [6.07, 6.45) is 1.42. The molecule has 0 fully saturated rings. The molecule has 0 saturated heterocycles. The maximum atomic E-state index is 12.6. The summed E-state index contributed by atoms with van der Waals surface area (Å²) in [6.45, 7) is 0.507. The number of aromatic nitrogens is 1. The van der Waals surface area contributed by atoms with E-state index in [0.717, 1.165) is 11.3 Å². The highest BCUT2D eigenvalue weighted by Gasteiger charge is 2.03. The Morgan fingerprint density at radius 3 is 2.71 bits per heavy atom. The Morgan fingerprint density at radius 1 is 1.18 bits per heavy atom. The number of nitrogens with one attached hydrogen (secondary N) is 1. The maximum Gasteiger partial charge on any atom is 0.212 e. The Kier molecular flexibility index (Phi) is 3.82. The van der Waals surface area contributed by atoms with Crippen LogP contribution in [0.4, 0.5) is 10.1 Å². The molecule has 0 unspecified atom stereocenters. The van der Waals surface area contributed by atoms with Crippen LogP contribution >= 0.6 is 23.2 Å². The molecule has 0 aliphatic rings. The number of rotatable bonds is 3. The number of pyridine rings is 1. The fourth-order valence-corrected chi connectivity index (χ4v) is 1.75. The predicted molar refractivity (Wildman–Crippen MR) is 68.0 cm³/mol. The second-order valence-electron chi connectivity index (χ2n) is 3.44. The Labute approximate surface area is 108 Å². The molecule has 0 amide bonds. The van der Waals surface area contributed by atoms with Crippen molar-refractivity contribution in [2.45, 2.75) is 6.54 Å². The van der Waals surface area contributed by atoms with Crippen LogP contribution in [0.1, 0.15) is 5.56 Å². The van der Waals surface area contributed by atoms with Gasteiger partial charge in [-0.1, -0.05) is 35.3 Å². The second-order valence-corrected chi connectivity index (χ2v) is 4.22. The minimum atomic E-state index is -0.503. The van der Waals surface area contributed by atoms with Gasteiger partial charge in [0, 0.05) is 6.54 Å². The molecule has 2 rings (SSSR count). The van der Waals surface area contributed by atoms with Crippen molar-refractivity contribution in [3.63, 3.8) is 0 Å². The number of hydrogen-bond donors (Lipinski definition) is 1. The number of hydrogen-bond acceptors (Lipinski definition) is 2. The quantitative estimate of drug-likeness (QED) is 0.848. The van der Waals surface area contributed by atoms with Gasteiger partial charge in [0.15, 0.2) is 0 Å². The normalized spacial score (nSPS) is 10.3. The van der Waals surface area contributed by atoms with Crippen LogP contribution in [0.5, 0.6) is 0 Å². The second kappa shape index (κ2) is 5.34. The van der Waals surface area contributed by atoms with E-state index in [9.17, 15) is 4.39 Å². The van der Waals surface area contributed by atoms with Crippen molar-refractivity contribution in [3.8, 4) is 0 Å². The van der Waals surface area contributed by atoms with Crippen LogP contribution in [-0.2, 0) is 6.54 Å². The molecule has 17 heavy (non-hydrogen) atoms. The third-order valence-electron chi connectivity index (χ3n) is 2.24. The van der Waals surface area contributed by atoms with Gasteiger partial charge >= 0.3 is 0 Å². The molecular weight excluding hydrogens is 262 g/mol. The zero-order valence-electron chi connectivity index (χ0n) is 8.75. The highest BCUT2D eigenvalue weighted by Crippen LogP contribution is 2.26. The number of nitrogens with zero attached hydrogens (tertiary/aromatic N) is 1. The first kappa shape index (κ1) is 12.1. The maximum absolute atomic E-state index is 12.6. The van der Waals surface area contributed by atoms with Gasteiger partial charge in [-0.15, -0.1) is 0 Å². The van der Waals surface area contributed by atoms with Gasteiger partial charge in [-0.05, 0) is 23.8 Å². The van der Waals surface area contributed by atoms with Crippen molar-refractivity contribution in [1.82, 2.24) is 4.98 Å². The van der Waals surface area contributed by atoms with E-state index < -0.39 is 5.95 Å². The average molecular weight is 271 g/mol. The first-order valence-corrected chi connectivity index (χ1v) is 5.71. The van der Waals surface area contributed by atoms with E-state index in [0.29, 0.717) is 16.6 Å². The number of benzene rings is 1. The van der Waals surface area contributed by atoms with Crippen LogP contribution < -0.4 is 5.32 Å². The molecule has 1 N–H and O–H groups in total. The van der Waals surface area contributed by atoms with Gasteiger partial charge < -0.3 is 5.32 Å². The van der Waals surface area contributed by atoms with Gasteiger partial charge in [0.1, 0.15) is 0 Å². The zero-order valence-corrected chi connectivity index (χ0v) is 10.3. The van der Waals surface area contributed by atoms with E-state index in [1.54, 1.807) is 12.1 Å². The van der Waals surface area contributed by atoms with Crippen LogP contribution in [0.2, 0.25) is 10.0 Å². The number of halogens is 3. The van der Waals surface area contributed by atoms with Crippen LogP contribution in [0.25, 0.3) is 0 Å². The fraction of sp³-hybridized carbons (Fsp3) is 0.0833. The monoisotopic (exact) mass is 270 g/mol. The summed E-state index contributed by atoms with van der Waals surface area (Å²) < 4.78 is 12.6. The molecule has 1 aromatic heterocycles. The summed E-state index contributed by atoms with van der Waals surface area (Å²) in [5.74, 6) is -0.503. The van der Waals surface area contributed by atoms with Crippen molar-refractivity contribution < 1.29 is 4.39 Å². The SMILES string of the molecule is Fc1ccc(NCc2cccc(Cl)c2Cl)cn1. The van der Waals surface area contributed by atoms with E-state index in [1.807, 2.05) is 12.1 Å². The van der Waals surface area contributed by atoms with Gasteiger partial charge in [-0.2, -0.15) is 4.39 Å². The topological polar surface area (TPSA) is 24.9 Å². The van der Waals surface area contributed by atoms with Gasteiger partial charge in [0.2, 0.25) is 5.95 Å². The molecule has 0 atom stereocenters. The smallest absolute Gasteiger partial charge is 0.212 e. The van der Waals surface area contributed by atoms with Gasteiger partial charge in [0.25, 0.3) is 0 Å². The van der Waals surface area contributed by atoms with Crippen molar-refractivity contribution in [3.05, 3.63) is 58.1 Å². The van der Waals surface area contributed by atoms with Crippen molar-refractivity contribution in [1.29, 1.82) is 0 Å². The molecule has 88 valence electrons. The lowest BCUT2D eigenvalue weighted by atomic mass is 10.2. The Balaban J connectivity index is 2.07. The molecule has 0 saturated carbocycles. The Bertz CT molecular complexity index is 514. The fourth-order valence-electron chi connectivity index (χ4n) is 1.36. The molecular formula is C12H9Cl2FN2. The van der Waals surface area contributed by atoms with E-state index in [2.05, 4.69) is 10.3 Å². The van der Waals surface area contributed by atoms with Crippen LogP contribution in [0, 0.1) is 5.95 Å². The minimum Gasteiger partial charge on any atom is -0.380 e.